The topological polar surface area (TPSA) is 70.4 Å². The molecule has 4 rings (SSSR count). The number of fused-ring (bicyclic) bond motifs is 1. The van der Waals surface area contributed by atoms with Crippen LogP contribution in [0.15, 0.2) is 76.2 Å². The molecule has 0 saturated heterocycles. The average molecular weight is 343 g/mol. The Morgan fingerprint density at radius 1 is 1.04 bits per heavy atom. The van der Waals surface area contributed by atoms with Gasteiger partial charge in [-0.25, -0.2) is 5.43 Å². The number of hydrazone groups is 1. The molecule has 0 saturated carbocycles. The number of aromatic amines is 1. The molecule has 5 nitrogen and oxygen atoms in total. The number of para-hydroxylation sites is 1. The Balaban J connectivity index is 1.69. The smallest absolute Gasteiger partial charge is 0.288 e. The Kier molecular flexibility index (Phi) is 4.11. The van der Waals surface area contributed by atoms with Gasteiger partial charge in [0.05, 0.1) is 6.21 Å². The molecule has 2 aromatic carbocycles. The van der Waals surface area contributed by atoms with Crippen molar-refractivity contribution in [2.45, 2.75) is 6.92 Å². The average Bonchev–Trinajstić information content (AvgIpc) is 3.26. The number of carbonyl (C=O) groups is 1. The van der Waals surface area contributed by atoms with E-state index in [2.05, 4.69) is 15.5 Å². The zero-order valence-electron chi connectivity index (χ0n) is 14.2. The number of hydrogen-bond acceptors (Lipinski definition) is 3. The van der Waals surface area contributed by atoms with Crippen LogP contribution in [0, 0.1) is 6.92 Å². The summed E-state index contributed by atoms with van der Waals surface area (Å²) in [7, 11) is 0. The second-order valence-electron chi connectivity index (χ2n) is 5.93. The van der Waals surface area contributed by atoms with E-state index >= 15 is 0 Å². The number of amides is 1. The highest BCUT2D eigenvalue weighted by Gasteiger charge is 2.18. The first-order chi connectivity index (χ1) is 12.7. The third-order valence-electron chi connectivity index (χ3n) is 4.11. The number of aryl methyl sites for hydroxylation is 1. The number of nitrogens with one attached hydrogen (secondary N) is 2. The van der Waals surface area contributed by atoms with Crippen LogP contribution in [0.5, 0.6) is 0 Å². The van der Waals surface area contributed by atoms with Crippen LogP contribution in [0.2, 0.25) is 0 Å². The molecule has 5 heteroatoms. The lowest BCUT2D eigenvalue weighted by atomic mass is 10.0. The van der Waals surface area contributed by atoms with Crippen LogP contribution in [0.3, 0.4) is 0 Å². The zero-order valence-corrected chi connectivity index (χ0v) is 14.2. The van der Waals surface area contributed by atoms with Crippen molar-refractivity contribution in [2.75, 3.05) is 0 Å². The van der Waals surface area contributed by atoms with Gasteiger partial charge in [0.15, 0.2) is 0 Å². The summed E-state index contributed by atoms with van der Waals surface area (Å²) in [6.45, 7) is 1.85. The second-order valence-corrected chi connectivity index (χ2v) is 5.93. The van der Waals surface area contributed by atoms with Crippen molar-refractivity contribution in [1.29, 1.82) is 0 Å². The molecule has 4 aromatic rings. The molecular formula is C21H17N3O2. The Hall–Kier alpha value is -3.60. The van der Waals surface area contributed by atoms with Crippen molar-refractivity contribution < 1.29 is 9.21 Å². The molecule has 0 aliphatic carbocycles. The molecule has 2 aromatic heterocycles. The number of rotatable bonds is 4. The van der Waals surface area contributed by atoms with Crippen LogP contribution < -0.4 is 5.43 Å². The van der Waals surface area contributed by atoms with Crippen molar-refractivity contribution >= 4 is 23.0 Å². The second kappa shape index (κ2) is 6.72. The highest BCUT2D eigenvalue weighted by molar-refractivity contribution is 6.09. The Morgan fingerprint density at radius 3 is 2.58 bits per heavy atom. The number of nitrogens with zero attached hydrogens (tertiary/aromatic N) is 1. The minimum absolute atomic E-state index is 0.306. The standard InChI is InChI=1S/C21H17N3O2/c1-14-11-12-16(26-14)13-22-24-21(25)20-19(15-7-3-2-4-8-15)17-9-5-6-10-18(17)23-20/h2-13,23H,1H3,(H,24,25). The van der Waals surface area contributed by atoms with Gasteiger partial charge in [0.1, 0.15) is 17.2 Å². The van der Waals surface area contributed by atoms with Crippen LogP contribution in [-0.2, 0) is 0 Å². The summed E-state index contributed by atoms with van der Waals surface area (Å²) < 4.78 is 5.40. The molecule has 2 heterocycles. The Morgan fingerprint density at radius 2 is 1.81 bits per heavy atom. The van der Waals surface area contributed by atoms with Crippen LogP contribution >= 0.6 is 0 Å². The summed E-state index contributed by atoms with van der Waals surface area (Å²) in [4.78, 5) is 15.9. The molecule has 0 aliphatic heterocycles. The Bertz CT molecular complexity index is 1090. The van der Waals surface area contributed by atoms with Gasteiger partial charge in [0.25, 0.3) is 5.91 Å². The van der Waals surface area contributed by atoms with E-state index in [1.54, 1.807) is 6.07 Å². The molecule has 26 heavy (non-hydrogen) atoms. The van der Waals surface area contributed by atoms with E-state index in [4.69, 9.17) is 4.42 Å². The predicted octanol–water partition coefficient (Wildman–Crippen LogP) is 4.50. The van der Waals surface area contributed by atoms with Crippen LogP contribution in [0.4, 0.5) is 0 Å². The summed E-state index contributed by atoms with van der Waals surface area (Å²) in [5.41, 5.74) is 5.79. The van der Waals surface area contributed by atoms with Crippen LogP contribution in [-0.4, -0.2) is 17.1 Å². The molecule has 0 radical (unpaired) electrons. The fourth-order valence-corrected chi connectivity index (χ4v) is 2.95. The first-order valence-corrected chi connectivity index (χ1v) is 8.28. The summed E-state index contributed by atoms with van der Waals surface area (Å²) in [6, 6.07) is 21.3. The molecule has 0 aliphatic rings. The summed E-state index contributed by atoms with van der Waals surface area (Å²) in [6.07, 6.45) is 1.48. The van der Waals surface area contributed by atoms with Gasteiger partial charge in [-0.3, -0.25) is 4.79 Å². The van der Waals surface area contributed by atoms with Crippen molar-refractivity contribution in [2.24, 2.45) is 5.10 Å². The molecule has 0 spiro atoms. The van der Waals surface area contributed by atoms with Crippen molar-refractivity contribution in [3.05, 3.63) is 83.9 Å². The Labute approximate surface area is 150 Å². The highest BCUT2D eigenvalue weighted by atomic mass is 16.3. The normalized spacial score (nSPS) is 11.3. The monoisotopic (exact) mass is 343 g/mol. The third kappa shape index (κ3) is 3.02. The van der Waals surface area contributed by atoms with E-state index in [1.165, 1.54) is 6.21 Å². The predicted molar refractivity (Wildman–Crippen MR) is 102 cm³/mol. The summed E-state index contributed by atoms with van der Waals surface area (Å²) in [5.74, 6) is 1.07. The van der Waals surface area contributed by atoms with Gasteiger partial charge in [-0.05, 0) is 30.7 Å². The lowest BCUT2D eigenvalue weighted by molar-refractivity contribution is 0.0951. The van der Waals surface area contributed by atoms with Gasteiger partial charge in [0, 0.05) is 16.5 Å². The minimum Gasteiger partial charge on any atom is -0.460 e. The number of hydrogen-bond donors (Lipinski definition) is 2. The largest absolute Gasteiger partial charge is 0.460 e. The van der Waals surface area contributed by atoms with E-state index in [0.717, 1.165) is 27.8 Å². The fourth-order valence-electron chi connectivity index (χ4n) is 2.95. The highest BCUT2D eigenvalue weighted by Crippen LogP contribution is 2.32. The maximum absolute atomic E-state index is 12.7. The molecule has 128 valence electrons. The molecule has 0 bridgehead atoms. The van der Waals surface area contributed by atoms with E-state index < -0.39 is 0 Å². The van der Waals surface area contributed by atoms with Crippen LogP contribution in [0.1, 0.15) is 22.0 Å². The minimum atomic E-state index is -0.306. The molecule has 2 N–H and O–H groups in total. The lowest BCUT2D eigenvalue weighted by Crippen LogP contribution is -2.18. The first-order valence-electron chi connectivity index (χ1n) is 8.28. The number of carbonyl (C=O) groups excluding carboxylic acids is 1. The van der Waals surface area contributed by atoms with Crippen molar-refractivity contribution in [3.63, 3.8) is 0 Å². The van der Waals surface area contributed by atoms with E-state index in [0.29, 0.717) is 11.5 Å². The molecule has 0 atom stereocenters. The number of furan rings is 1. The molecular weight excluding hydrogens is 326 g/mol. The van der Waals surface area contributed by atoms with Gasteiger partial charge in [0.2, 0.25) is 0 Å². The van der Waals surface area contributed by atoms with Crippen molar-refractivity contribution in [1.82, 2.24) is 10.4 Å². The number of H-pyrrole nitrogens is 1. The van der Waals surface area contributed by atoms with E-state index in [1.807, 2.05) is 67.6 Å². The van der Waals surface area contributed by atoms with Gasteiger partial charge < -0.3 is 9.40 Å². The van der Waals surface area contributed by atoms with Gasteiger partial charge in [-0.2, -0.15) is 5.10 Å². The summed E-state index contributed by atoms with van der Waals surface area (Å²) >= 11 is 0. The third-order valence-corrected chi connectivity index (χ3v) is 4.11. The molecule has 0 unspecified atom stereocenters. The van der Waals surface area contributed by atoms with E-state index in [9.17, 15) is 4.79 Å². The maximum atomic E-state index is 12.7. The SMILES string of the molecule is Cc1ccc(C=NNC(=O)c2[nH]c3ccccc3c2-c2ccccc2)o1. The van der Waals surface area contributed by atoms with Crippen molar-refractivity contribution in [3.8, 4) is 11.1 Å². The quantitative estimate of drug-likeness (QED) is 0.423. The van der Waals surface area contributed by atoms with Crippen LogP contribution in [0.25, 0.3) is 22.0 Å². The fraction of sp³-hybridized carbons (Fsp3) is 0.0476. The first kappa shape index (κ1) is 15.9. The van der Waals surface area contributed by atoms with E-state index in [-0.39, 0.29) is 5.91 Å². The molecule has 1 amide bonds. The lowest BCUT2D eigenvalue weighted by Gasteiger charge is -2.04. The molecule has 0 fully saturated rings. The maximum Gasteiger partial charge on any atom is 0.288 e. The van der Waals surface area contributed by atoms with Gasteiger partial charge in [-0.1, -0.05) is 48.5 Å². The summed E-state index contributed by atoms with van der Waals surface area (Å²) in [5, 5.41) is 4.99. The van der Waals surface area contributed by atoms with Gasteiger partial charge in [-0.15, -0.1) is 0 Å². The van der Waals surface area contributed by atoms with Gasteiger partial charge >= 0.3 is 0 Å². The number of benzene rings is 2. The zero-order chi connectivity index (χ0) is 17.9. The number of aromatic nitrogens is 1.